The van der Waals surface area contributed by atoms with Crippen molar-refractivity contribution in [2.45, 2.75) is 19.8 Å². The van der Waals surface area contributed by atoms with Gasteiger partial charge in [-0.2, -0.15) is 0 Å². The smallest absolute Gasteiger partial charge is 0.262 e. The van der Waals surface area contributed by atoms with Crippen LogP contribution in [0.5, 0.6) is 5.75 Å². The Morgan fingerprint density at radius 3 is 2.56 bits per heavy atom. The Bertz CT molecular complexity index is 815. The summed E-state index contributed by atoms with van der Waals surface area (Å²) in [5.74, 6) is 0.475. The van der Waals surface area contributed by atoms with Crippen LogP contribution in [0.3, 0.4) is 0 Å². The number of amides is 2. The summed E-state index contributed by atoms with van der Waals surface area (Å²) in [5.41, 5.74) is 2.61. The van der Waals surface area contributed by atoms with E-state index in [-0.39, 0.29) is 18.4 Å². The molecule has 0 heterocycles. The summed E-state index contributed by atoms with van der Waals surface area (Å²) in [6, 6.07) is 11.3. The first-order valence-corrected chi connectivity index (χ1v) is 10.0. The van der Waals surface area contributed by atoms with Crippen LogP contribution >= 0.6 is 31.9 Å². The number of hydrogen-bond acceptors (Lipinski definition) is 3. The van der Waals surface area contributed by atoms with E-state index in [0.717, 1.165) is 20.1 Å². The van der Waals surface area contributed by atoms with Gasteiger partial charge in [-0.25, -0.2) is 0 Å². The Morgan fingerprint density at radius 1 is 1.15 bits per heavy atom. The van der Waals surface area contributed by atoms with Crippen molar-refractivity contribution in [3.8, 4) is 5.75 Å². The Labute approximate surface area is 176 Å². The number of halogens is 2. The molecule has 7 heteroatoms. The summed E-state index contributed by atoms with van der Waals surface area (Å²) in [4.78, 5) is 25.5. The van der Waals surface area contributed by atoms with E-state index < -0.39 is 0 Å². The zero-order chi connectivity index (χ0) is 20.0. The standard InChI is InChI=1S/C20H22Br2N2O3/c1-13-9-15(21)11-17(22)20(13)27-12-18(25)23-16-6-4-5-14(10-16)7-8-19(26)24(2)3/h4-6,9-11H,7-8,12H2,1-3H3,(H,23,25). The first-order valence-electron chi connectivity index (χ1n) is 8.43. The average Bonchev–Trinajstić information content (AvgIpc) is 2.58. The maximum atomic E-state index is 12.2. The molecule has 0 fully saturated rings. The van der Waals surface area contributed by atoms with Crippen molar-refractivity contribution >= 4 is 49.4 Å². The number of nitrogens with one attached hydrogen (secondary N) is 1. The first kappa shape index (κ1) is 21.4. The quantitative estimate of drug-likeness (QED) is 0.610. The zero-order valence-corrected chi connectivity index (χ0v) is 18.7. The van der Waals surface area contributed by atoms with Crippen LogP contribution in [0.2, 0.25) is 0 Å². The fraction of sp³-hybridized carbons (Fsp3) is 0.300. The summed E-state index contributed by atoms with van der Waals surface area (Å²) < 4.78 is 7.39. The molecule has 0 bridgehead atoms. The number of rotatable bonds is 7. The molecule has 2 aromatic rings. The minimum Gasteiger partial charge on any atom is -0.482 e. The van der Waals surface area contributed by atoms with E-state index in [9.17, 15) is 9.59 Å². The van der Waals surface area contributed by atoms with Gasteiger partial charge in [0.25, 0.3) is 5.91 Å². The molecule has 0 aliphatic heterocycles. The fourth-order valence-electron chi connectivity index (χ4n) is 2.49. The van der Waals surface area contributed by atoms with Gasteiger partial charge in [0.1, 0.15) is 5.75 Å². The largest absolute Gasteiger partial charge is 0.482 e. The van der Waals surface area contributed by atoms with E-state index in [4.69, 9.17) is 4.74 Å². The summed E-state index contributed by atoms with van der Waals surface area (Å²) in [6.07, 6.45) is 1.06. The van der Waals surface area contributed by atoms with Gasteiger partial charge in [-0.3, -0.25) is 9.59 Å². The highest BCUT2D eigenvalue weighted by atomic mass is 79.9. The molecule has 0 aliphatic rings. The van der Waals surface area contributed by atoms with Crippen molar-refractivity contribution in [2.75, 3.05) is 26.0 Å². The number of ether oxygens (including phenoxy) is 1. The normalized spacial score (nSPS) is 10.4. The third-order valence-electron chi connectivity index (χ3n) is 3.88. The molecule has 1 N–H and O–H groups in total. The molecule has 0 radical (unpaired) electrons. The van der Waals surface area contributed by atoms with Gasteiger partial charge in [0.2, 0.25) is 5.91 Å². The van der Waals surface area contributed by atoms with Crippen LogP contribution < -0.4 is 10.1 Å². The number of benzene rings is 2. The third kappa shape index (κ3) is 6.66. The number of carbonyl (C=O) groups is 2. The molecule has 27 heavy (non-hydrogen) atoms. The molecule has 0 atom stereocenters. The van der Waals surface area contributed by atoms with E-state index in [1.54, 1.807) is 19.0 Å². The maximum absolute atomic E-state index is 12.2. The number of nitrogens with zero attached hydrogens (tertiary/aromatic N) is 1. The Balaban J connectivity index is 1.92. The van der Waals surface area contributed by atoms with Crippen LogP contribution in [0, 0.1) is 6.92 Å². The highest BCUT2D eigenvalue weighted by Gasteiger charge is 2.10. The average molecular weight is 498 g/mol. The molecule has 2 rings (SSSR count). The Hall–Kier alpha value is -1.86. The third-order valence-corrected chi connectivity index (χ3v) is 4.93. The van der Waals surface area contributed by atoms with Crippen LogP contribution in [0.25, 0.3) is 0 Å². The monoisotopic (exact) mass is 496 g/mol. The van der Waals surface area contributed by atoms with Gasteiger partial charge in [0.05, 0.1) is 4.47 Å². The molecular weight excluding hydrogens is 476 g/mol. The SMILES string of the molecule is Cc1cc(Br)cc(Br)c1OCC(=O)Nc1cccc(CCC(=O)N(C)C)c1. The van der Waals surface area contributed by atoms with Gasteiger partial charge in [0.15, 0.2) is 6.61 Å². The number of hydrogen-bond donors (Lipinski definition) is 1. The van der Waals surface area contributed by atoms with Crippen LogP contribution in [0.15, 0.2) is 45.3 Å². The number of aryl methyl sites for hydroxylation is 2. The topological polar surface area (TPSA) is 58.6 Å². The van der Waals surface area contributed by atoms with E-state index in [1.165, 1.54) is 0 Å². The number of carbonyl (C=O) groups excluding carboxylic acids is 2. The molecule has 0 saturated carbocycles. The highest BCUT2D eigenvalue weighted by Crippen LogP contribution is 2.32. The van der Waals surface area contributed by atoms with E-state index in [1.807, 2.05) is 43.3 Å². The van der Waals surface area contributed by atoms with Gasteiger partial charge < -0.3 is 15.0 Å². The lowest BCUT2D eigenvalue weighted by Gasteiger charge is -2.13. The molecule has 5 nitrogen and oxygen atoms in total. The van der Waals surface area contributed by atoms with Gasteiger partial charge in [0, 0.05) is 30.7 Å². The lowest BCUT2D eigenvalue weighted by molar-refractivity contribution is -0.128. The molecule has 0 aliphatic carbocycles. The van der Waals surface area contributed by atoms with Gasteiger partial charge in [-0.05, 0) is 64.7 Å². The fourth-order valence-corrected chi connectivity index (χ4v) is 4.04. The molecule has 0 spiro atoms. The second-order valence-electron chi connectivity index (χ2n) is 6.36. The van der Waals surface area contributed by atoms with E-state index >= 15 is 0 Å². The Kier molecular flexibility index (Phi) is 7.86. The van der Waals surface area contributed by atoms with E-state index in [2.05, 4.69) is 37.2 Å². The molecular formula is C20H22Br2N2O3. The van der Waals surface area contributed by atoms with Crippen molar-refractivity contribution in [3.05, 3.63) is 56.5 Å². The van der Waals surface area contributed by atoms with E-state index in [0.29, 0.717) is 24.3 Å². The number of anilines is 1. The van der Waals surface area contributed by atoms with Crippen molar-refractivity contribution in [2.24, 2.45) is 0 Å². The minimum absolute atomic E-state index is 0.0771. The first-order chi connectivity index (χ1) is 12.8. The second kappa shape index (κ2) is 9.90. The predicted molar refractivity (Wildman–Crippen MR) is 114 cm³/mol. The summed E-state index contributed by atoms with van der Waals surface area (Å²) in [7, 11) is 3.48. The Morgan fingerprint density at radius 2 is 1.89 bits per heavy atom. The molecule has 144 valence electrons. The lowest BCUT2D eigenvalue weighted by atomic mass is 10.1. The predicted octanol–water partition coefficient (Wildman–Crippen LogP) is 4.56. The van der Waals surface area contributed by atoms with Gasteiger partial charge >= 0.3 is 0 Å². The minimum atomic E-state index is -0.245. The maximum Gasteiger partial charge on any atom is 0.262 e. The van der Waals surface area contributed by atoms with Crippen molar-refractivity contribution < 1.29 is 14.3 Å². The van der Waals surface area contributed by atoms with Crippen LogP contribution in [0.1, 0.15) is 17.5 Å². The van der Waals surface area contributed by atoms with Crippen molar-refractivity contribution in [3.63, 3.8) is 0 Å². The van der Waals surface area contributed by atoms with Crippen molar-refractivity contribution in [1.82, 2.24) is 4.90 Å². The lowest BCUT2D eigenvalue weighted by Crippen LogP contribution is -2.22. The van der Waals surface area contributed by atoms with Crippen LogP contribution in [0.4, 0.5) is 5.69 Å². The van der Waals surface area contributed by atoms with Crippen molar-refractivity contribution in [1.29, 1.82) is 0 Å². The summed E-state index contributed by atoms with van der Waals surface area (Å²) >= 11 is 6.86. The van der Waals surface area contributed by atoms with Crippen LogP contribution in [-0.4, -0.2) is 37.4 Å². The van der Waals surface area contributed by atoms with Gasteiger partial charge in [-0.15, -0.1) is 0 Å². The molecule has 2 amide bonds. The van der Waals surface area contributed by atoms with Crippen LogP contribution in [-0.2, 0) is 16.0 Å². The molecule has 2 aromatic carbocycles. The molecule has 0 unspecified atom stereocenters. The second-order valence-corrected chi connectivity index (χ2v) is 8.13. The molecule has 0 aromatic heterocycles. The highest BCUT2D eigenvalue weighted by molar-refractivity contribution is 9.11. The zero-order valence-electron chi connectivity index (χ0n) is 15.5. The molecule has 0 saturated heterocycles. The summed E-state index contributed by atoms with van der Waals surface area (Å²) in [6.45, 7) is 1.83. The summed E-state index contributed by atoms with van der Waals surface area (Å²) in [5, 5.41) is 2.83. The van der Waals surface area contributed by atoms with Gasteiger partial charge in [-0.1, -0.05) is 28.1 Å².